The normalized spacial score (nSPS) is 26.3. The molecule has 0 aromatic heterocycles. The monoisotopic (exact) mass is 269 g/mol. The molecule has 0 bridgehead atoms. The van der Waals surface area contributed by atoms with Crippen molar-refractivity contribution >= 4 is 10.8 Å². The van der Waals surface area contributed by atoms with Gasteiger partial charge in [-0.3, -0.25) is 4.21 Å². The standard InChI is InChI=1S/C14H20FNOS/c1-3-5-13-14(16-8-4-2)11-9-10(15)6-7-12(11)18(13)17/h6-7,9,13-14,16H,3-5,8H2,1-2H3. The third-order valence-electron chi connectivity index (χ3n) is 3.36. The summed E-state index contributed by atoms with van der Waals surface area (Å²) < 4.78 is 25.8. The summed E-state index contributed by atoms with van der Waals surface area (Å²) in [4.78, 5) is 0.809. The Morgan fingerprint density at radius 2 is 2.11 bits per heavy atom. The smallest absolute Gasteiger partial charge is 0.123 e. The molecule has 0 amide bonds. The summed E-state index contributed by atoms with van der Waals surface area (Å²) in [6.07, 6.45) is 2.92. The maximum atomic E-state index is 13.4. The molecular weight excluding hydrogens is 249 g/mol. The lowest BCUT2D eigenvalue weighted by Gasteiger charge is -2.20. The van der Waals surface area contributed by atoms with Crippen molar-refractivity contribution in [2.45, 2.75) is 49.3 Å². The number of halogens is 1. The van der Waals surface area contributed by atoms with Crippen molar-refractivity contribution in [3.05, 3.63) is 29.6 Å². The molecular formula is C14H20FNOS. The van der Waals surface area contributed by atoms with E-state index in [1.807, 2.05) is 0 Å². The van der Waals surface area contributed by atoms with Crippen molar-refractivity contribution in [2.75, 3.05) is 6.54 Å². The largest absolute Gasteiger partial charge is 0.309 e. The molecule has 1 aromatic rings. The highest BCUT2D eigenvalue weighted by Gasteiger charge is 2.37. The van der Waals surface area contributed by atoms with Gasteiger partial charge in [0.15, 0.2) is 0 Å². The van der Waals surface area contributed by atoms with E-state index in [4.69, 9.17) is 0 Å². The van der Waals surface area contributed by atoms with Gasteiger partial charge in [0, 0.05) is 10.9 Å². The summed E-state index contributed by atoms with van der Waals surface area (Å²) in [5.41, 5.74) is 0.889. The van der Waals surface area contributed by atoms with Crippen LogP contribution in [0.4, 0.5) is 4.39 Å². The van der Waals surface area contributed by atoms with Crippen molar-refractivity contribution in [3.63, 3.8) is 0 Å². The third-order valence-corrected chi connectivity index (χ3v) is 5.22. The molecule has 0 aliphatic carbocycles. The lowest BCUT2D eigenvalue weighted by Crippen LogP contribution is -2.30. The van der Waals surface area contributed by atoms with Gasteiger partial charge in [0.2, 0.25) is 0 Å². The van der Waals surface area contributed by atoms with Crippen LogP contribution in [0.2, 0.25) is 0 Å². The minimum atomic E-state index is -1.01. The predicted octanol–water partition coefficient (Wildman–Crippen LogP) is 3.16. The lowest BCUT2D eigenvalue weighted by molar-refractivity contribution is 0.490. The molecule has 3 unspecified atom stereocenters. The second kappa shape index (κ2) is 5.93. The molecule has 2 rings (SSSR count). The first-order valence-corrected chi connectivity index (χ1v) is 7.83. The quantitative estimate of drug-likeness (QED) is 0.889. The molecule has 100 valence electrons. The highest BCUT2D eigenvalue weighted by atomic mass is 32.2. The summed E-state index contributed by atoms with van der Waals surface area (Å²) in [6.45, 7) is 5.07. The fourth-order valence-corrected chi connectivity index (χ4v) is 4.42. The van der Waals surface area contributed by atoms with E-state index in [1.54, 1.807) is 6.07 Å². The Bertz CT molecular complexity index is 449. The number of benzene rings is 1. The van der Waals surface area contributed by atoms with Gasteiger partial charge in [-0.2, -0.15) is 0 Å². The molecule has 2 nitrogen and oxygen atoms in total. The molecule has 1 heterocycles. The fraction of sp³-hybridized carbons (Fsp3) is 0.571. The number of fused-ring (bicyclic) bond motifs is 1. The second-order valence-electron chi connectivity index (χ2n) is 4.74. The van der Waals surface area contributed by atoms with Gasteiger partial charge in [0.25, 0.3) is 0 Å². The van der Waals surface area contributed by atoms with Crippen LogP contribution in [-0.4, -0.2) is 16.0 Å². The van der Waals surface area contributed by atoms with Crippen LogP contribution in [0.5, 0.6) is 0 Å². The van der Waals surface area contributed by atoms with Crippen molar-refractivity contribution in [2.24, 2.45) is 0 Å². The average Bonchev–Trinajstić information content (AvgIpc) is 2.61. The van der Waals surface area contributed by atoms with Crippen LogP contribution in [0.3, 0.4) is 0 Å². The molecule has 1 aromatic carbocycles. The van der Waals surface area contributed by atoms with Crippen LogP contribution in [0, 0.1) is 5.82 Å². The van der Waals surface area contributed by atoms with Gasteiger partial charge in [-0.15, -0.1) is 0 Å². The summed E-state index contributed by atoms with van der Waals surface area (Å²) in [5.74, 6) is -0.244. The first-order valence-electron chi connectivity index (χ1n) is 6.62. The zero-order valence-electron chi connectivity index (χ0n) is 10.9. The van der Waals surface area contributed by atoms with Gasteiger partial charge >= 0.3 is 0 Å². The van der Waals surface area contributed by atoms with Crippen LogP contribution in [0.15, 0.2) is 23.1 Å². The highest BCUT2D eigenvalue weighted by molar-refractivity contribution is 7.86. The van der Waals surface area contributed by atoms with E-state index >= 15 is 0 Å². The first kappa shape index (κ1) is 13.7. The van der Waals surface area contributed by atoms with Crippen LogP contribution < -0.4 is 5.32 Å². The number of nitrogens with one attached hydrogen (secondary N) is 1. The number of rotatable bonds is 5. The zero-order chi connectivity index (χ0) is 13.1. The van der Waals surface area contributed by atoms with E-state index in [0.29, 0.717) is 0 Å². The maximum Gasteiger partial charge on any atom is 0.123 e. The molecule has 0 saturated heterocycles. The SMILES string of the molecule is CCCNC1c2cc(F)ccc2S(=O)C1CCC. The fourth-order valence-electron chi connectivity index (χ4n) is 2.53. The van der Waals surface area contributed by atoms with E-state index < -0.39 is 10.8 Å². The van der Waals surface area contributed by atoms with Crippen molar-refractivity contribution < 1.29 is 8.60 Å². The van der Waals surface area contributed by atoms with E-state index in [9.17, 15) is 8.60 Å². The van der Waals surface area contributed by atoms with Gasteiger partial charge in [-0.05, 0) is 43.1 Å². The Balaban J connectivity index is 2.33. The Kier molecular flexibility index (Phi) is 4.51. The van der Waals surface area contributed by atoms with Crippen LogP contribution in [0.1, 0.15) is 44.7 Å². The van der Waals surface area contributed by atoms with Gasteiger partial charge in [0.1, 0.15) is 5.82 Å². The maximum absolute atomic E-state index is 13.4. The van der Waals surface area contributed by atoms with Gasteiger partial charge < -0.3 is 5.32 Å². The summed E-state index contributed by atoms with van der Waals surface area (Å²) in [7, 11) is -1.01. The molecule has 18 heavy (non-hydrogen) atoms. The molecule has 3 atom stereocenters. The third kappa shape index (κ3) is 2.50. The zero-order valence-corrected chi connectivity index (χ0v) is 11.7. The predicted molar refractivity (Wildman–Crippen MR) is 72.5 cm³/mol. The first-order chi connectivity index (χ1) is 8.69. The summed E-state index contributed by atoms with van der Waals surface area (Å²) >= 11 is 0. The van der Waals surface area contributed by atoms with E-state index in [1.165, 1.54) is 12.1 Å². The summed E-state index contributed by atoms with van der Waals surface area (Å²) in [6, 6.07) is 4.66. The molecule has 0 fully saturated rings. The topological polar surface area (TPSA) is 29.1 Å². The molecule has 4 heteroatoms. The van der Waals surface area contributed by atoms with Crippen molar-refractivity contribution in [1.82, 2.24) is 5.32 Å². The molecule has 0 saturated carbocycles. The van der Waals surface area contributed by atoms with Crippen LogP contribution in [-0.2, 0) is 10.8 Å². The minimum Gasteiger partial charge on any atom is -0.309 e. The molecule has 1 N–H and O–H groups in total. The molecule has 0 radical (unpaired) electrons. The summed E-state index contributed by atoms with van der Waals surface area (Å²) in [5, 5.41) is 3.50. The van der Waals surface area contributed by atoms with Crippen molar-refractivity contribution in [1.29, 1.82) is 0 Å². The van der Waals surface area contributed by atoms with E-state index in [-0.39, 0.29) is 17.1 Å². The molecule has 0 spiro atoms. The van der Waals surface area contributed by atoms with E-state index in [2.05, 4.69) is 19.2 Å². The van der Waals surface area contributed by atoms with Gasteiger partial charge in [0.05, 0.1) is 16.0 Å². The van der Waals surface area contributed by atoms with Gasteiger partial charge in [-0.25, -0.2) is 4.39 Å². The Morgan fingerprint density at radius 1 is 1.33 bits per heavy atom. The van der Waals surface area contributed by atoms with Gasteiger partial charge in [-0.1, -0.05) is 20.3 Å². The van der Waals surface area contributed by atoms with E-state index in [0.717, 1.165) is 36.3 Å². The minimum absolute atomic E-state index is 0.0384. The number of hydrogen-bond acceptors (Lipinski definition) is 2. The van der Waals surface area contributed by atoms with Crippen LogP contribution in [0.25, 0.3) is 0 Å². The average molecular weight is 269 g/mol. The Hall–Kier alpha value is -0.740. The van der Waals surface area contributed by atoms with Crippen molar-refractivity contribution in [3.8, 4) is 0 Å². The highest BCUT2D eigenvalue weighted by Crippen LogP contribution is 2.38. The van der Waals surface area contributed by atoms with Crippen LogP contribution >= 0.6 is 0 Å². The lowest BCUT2D eigenvalue weighted by atomic mass is 10.0. The number of hydrogen-bond donors (Lipinski definition) is 1. The molecule has 1 aliphatic heterocycles. The molecule has 1 aliphatic rings. The second-order valence-corrected chi connectivity index (χ2v) is 6.38. The Labute approximate surface area is 110 Å². The Morgan fingerprint density at radius 3 is 2.78 bits per heavy atom.